The molecule has 5 nitrogen and oxygen atoms in total. The minimum Gasteiger partial charge on any atom is -0.346 e. The largest absolute Gasteiger partial charge is 0.346 e. The van der Waals surface area contributed by atoms with Gasteiger partial charge in [0.2, 0.25) is 11.8 Å². The molecule has 1 fully saturated rings. The molecule has 0 atom stereocenters. The van der Waals surface area contributed by atoms with Crippen molar-refractivity contribution >= 4 is 11.8 Å². The van der Waals surface area contributed by atoms with Gasteiger partial charge in [-0.15, -0.1) is 0 Å². The zero-order chi connectivity index (χ0) is 15.8. The van der Waals surface area contributed by atoms with Crippen LogP contribution in [-0.2, 0) is 16.1 Å². The van der Waals surface area contributed by atoms with E-state index in [2.05, 4.69) is 5.32 Å². The number of amides is 2. The molecule has 0 spiro atoms. The first-order valence-electron chi connectivity index (χ1n) is 8.01. The van der Waals surface area contributed by atoms with E-state index in [1.54, 1.807) is 0 Å². The highest BCUT2D eigenvalue weighted by Gasteiger charge is 2.25. The van der Waals surface area contributed by atoms with Gasteiger partial charge in [0.05, 0.1) is 13.1 Å². The second-order valence-electron chi connectivity index (χ2n) is 5.78. The number of hydrogen-bond acceptors (Lipinski definition) is 3. The second kappa shape index (κ2) is 8.54. The number of carbonyl (C=O) groups is 2. The van der Waals surface area contributed by atoms with Crippen LogP contribution in [0.2, 0.25) is 0 Å². The van der Waals surface area contributed by atoms with Crippen molar-refractivity contribution in [2.45, 2.75) is 44.7 Å². The van der Waals surface area contributed by atoms with Gasteiger partial charge in [0, 0.05) is 12.6 Å². The van der Waals surface area contributed by atoms with Crippen LogP contribution in [0.3, 0.4) is 0 Å². The van der Waals surface area contributed by atoms with Gasteiger partial charge in [-0.2, -0.15) is 0 Å². The van der Waals surface area contributed by atoms with Gasteiger partial charge in [-0.05, 0) is 18.4 Å². The molecule has 0 unspecified atom stereocenters. The Kier molecular flexibility index (Phi) is 6.40. The number of nitrogens with two attached hydrogens (primary N) is 1. The highest BCUT2D eigenvalue weighted by molar-refractivity contribution is 5.85. The number of hydrogen-bond donors (Lipinski definition) is 2. The molecule has 0 aromatic heterocycles. The number of rotatable bonds is 6. The smallest absolute Gasteiger partial charge is 0.242 e. The molecule has 1 aliphatic carbocycles. The first-order valence-corrected chi connectivity index (χ1v) is 8.01. The fourth-order valence-electron chi connectivity index (χ4n) is 2.94. The van der Waals surface area contributed by atoms with E-state index in [-0.39, 0.29) is 30.9 Å². The van der Waals surface area contributed by atoms with E-state index in [1.807, 2.05) is 35.2 Å². The maximum Gasteiger partial charge on any atom is 0.242 e. The highest BCUT2D eigenvalue weighted by Crippen LogP contribution is 2.24. The third-order valence-electron chi connectivity index (χ3n) is 4.15. The van der Waals surface area contributed by atoms with Gasteiger partial charge >= 0.3 is 0 Å². The van der Waals surface area contributed by atoms with Crippen LogP contribution in [-0.4, -0.2) is 35.8 Å². The van der Waals surface area contributed by atoms with Gasteiger partial charge in [0.1, 0.15) is 0 Å². The van der Waals surface area contributed by atoms with Gasteiger partial charge in [0.15, 0.2) is 0 Å². The SMILES string of the molecule is NCC(=O)NCC(=O)N(Cc1ccccc1)C1CCCCC1. The van der Waals surface area contributed by atoms with Crippen LogP contribution in [0.4, 0.5) is 0 Å². The number of nitrogens with one attached hydrogen (secondary N) is 1. The van der Waals surface area contributed by atoms with Gasteiger partial charge in [-0.1, -0.05) is 49.6 Å². The minimum absolute atomic E-state index is 0.0271. The van der Waals surface area contributed by atoms with Crippen LogP contribution < -0.4 is 11.1 Å². The van der Waals surface area contributed by atoms with E-state index in [0.717, 1.165) is 18.4 Å². The molecule has 5 heteroatoms. The van der Waals surface area contributed by atoms with E-state index in [4.69, 9.17) is 5.73 Å². The lowest BCUT2D eigenvalue weighted by molar-refractivity contribution is -0.135. The first kappa shape index (κ1) is 16.5. The zero-order valence-corrected chi connectivity index (χ0v) is 13.0. The number of benzene rings is 1. The summed E-state index contributed by atoms with van der Waals surface area (Å²) >= 11 is 0. The lowest BCUT2D eigenvalue weighted by Crippen LogP contribution is -2.46. The molecular weight excluding hydrogens is 278 g/mol. The van der Waals surface area contributed by atoms with Gasteiger partial charge in [-0.25, -0.2) is 0 Å². The molecule has 1 aromatic rings. The maximum absolute atomic E-state index is 12.5. The fourth-order valence-corrected chi connectivity index (χ4v) is 2.94. The van der Waals surface area contributed by atoms with Crippen LogP contribution in [0.15, 0.2) is 30.3 Å². The van der Waals surface area contributed by atoms with Crippen molar-refractivity contribution in [1.29, 1.82) is 0 Å². The van der Waals surface area contributed by atoms with E-state index < -0.39 is 0 Å². The standard InChI is InChI=1S/C17H25N3O2/c18-11-16(21)19-12-17(22)20(15-9-5-2-6-10-15)13-14-7-3-1-4-8-14/h1,3-4,7-8,15H,2,5-6,9-13,18H2,(H,19,21). The summed E-state index contributed by atoms with van der Waals surface area (Å²) in [7, 11) is 0. The molecule has 1 aromatic carbocycles. The molecular formula is C17H25N3O2. The monoisotopic (exact) mass is 303 g/mol. The van der Waals surface area contributed by atoms with Crippen molar-refractivity contribution < 1.29 is 9.59 Å². The zero-order valence-electron chi connectivity index (χ0n) is 13.0. The third kappa shape index (κ3) is 4.84. The van der Waals surface area contributed by atoms with Gasteiger partial charge in [0.25, 0.3) is 0 Å². The topological polar surface area (TPSA) is 75.4 Å². The maximum atomic E-state index is 12.5. The van der Waals surface area contributed by atoms with Crippen molar-refractivity contribution in [2.75, 3.05) is 13.1 Å². The summed E-state index contributed by atoms with van der Waals surface area (Å²) in [6, 6.07) is 10.3. The molecule has 0 bridgehead atoms. The average Bonchev–Trinajstić information content (AvgIpc) is 2.59. The van der Waals surface area contributed by atoms with Crippen molar-refractivity contribution in [3.05, 3.63) is 35.9 Å². The molecule has 22 heavy (non-hydrogen) atoms. The van der Waals surface area contributed by atoms with E-state index in [1.165, 1.54) is 19.3 Å². The normalized spacial score (nSPS) is 15.3. The molecule has 2 rings (SSSR count). The molecule has 1 aliphatic rings. The number of carbonyl (C=O) groups excluding carboxylic acids is 2. The summed E-state index contributed by atoms with van der Waals surface area (Å²) in [4.78, 5) is 25.7. The predicted molar refractivity (Wildman–Crippen MR) is 85.9 cm³/mol. The summed E-state index contributed by atoms with van der Waals surface area (Å²) in [5, 5.41) is 2.58. The minimum atomic E-state index is -0.295. The van der Waals surface area contributed by atoms with Crippen LogP contribution in [0, 0.1) is 0 Å². The molecule has 3 N–H and O–H groups in total. The molecule has 0 saturated heterocycles. The van der Waals surface area contributed by atoms with E-state index >= 15 is 0 Å². The van der Waals surface area contributed by atoms with Crippen LogP contribution in [0.25, 0.3) is 0 Å². The average molecular weight is 303 g/mol. The fraction of sp³-hybridized carbons (Fsp3) is 0.529. The highest BCUT2D eigenvalue weighted by atomic mass is 16.2. The molecule has 0 aliphatic heterocycles. The summed E-state index contributed by atoms with van der Waals surface area (Å²) in [5.41, 5.74) is 6.38. The van der Waals surface area contributed by atoms with Crippen molar-refractivity contribution in [3.8, 4) is 0 Å². The predicted octanol–water partition coefficient (Wildman–Crippen LogP) is 1.42. The Hall–Kier alpha value is -1.88. The van der Waals surface area contributed by atoms with E-state index in [9.17, 15) is 9.59 Å². The third-order valence-corrected chi connectivity index (χ3v) is 4.15. The van der Waals surface area contributed by atoms with Crippen molar-refractivity contribution in [2.24, 2.45) is 5.73 Å². The van der Waals surface area contributed by atoms with Gasteiger partial charge < -0.3 is 16.0 Å². The van der Waals surface area contributed by atoms with Crippen LogP contribution in [0.1, 0.15) is 37.7 Å². The Morgan fingerprint density at radius 3 is 2.45 bits per heavy atom. The Morgan fingerprint density at radius 2 is 1.82 bits per heavy atom. The lowest BCUT2D eigenvalue weighted by atomic mass is 9.93. The Morgan fingerprint density at radius 1 is 1.14 bits per heavy atom. The summed E-state index contributed by atoms with van der Waals surface area (Å²) in [6.45, 7) is 0.539. The summed E-state index contributed by atoms with van der Waals surface area (Å²) in [6.07, 6.45) is 5.66. The van der Waals surface area contributed by atoms with Crippen molar-refractivity contribution in [3.63, 3.8) is 0 Å². The molecule has 0 heterocycles. The summed E-state index contributed by atoms with van der Waals surface area (Å²) in [5.74, 6) is -0.325. The molecule has 1 saturated carbocycles. The molecule has 2 amide bonds. The Balaban J connectivity index is 2.03. The molecule has 0 radical (unpaired) electrons. The van der Waals surface area contributed by atoms with E-state index in [0.29, 0.717) is 6.54 Å². The van der Waals surface area contributed by atoms with Gasteiger partial charge in [-0.3, -0.25) is 9.59 Å². The Bertz CT molecular complexity index is 484. The summed E-state index contributed by atoms with van der Waals surface area (Å²) < 4.78 is 0. The Labute approximate surface area is 131 Å². The second-order valence-corrected chi connectivity index (χ2v) is 5.78. The number of nitrogens with zero attached hydrogens (tertiary/aromatic N) is 1. The quantitative estimate of drug-likeness (QED) is 0.834. The molecule has 120 valence electrons. The van der Waals surface area contributed by atoms with Crippen LogP contribution in [0.5, 0.6) is 0 Å². The first-order chi connectivity index (χ1) is 10.7. The lowest BCUT2D eigenvalue weighted by Gasteiger charge is -2.34. The van der Waals surface area contributed by atoms with Crippen molar-refractivity contribution in [1.82, 2.24) is 10.2 Å². The van der Waals surface area contributed by atoms with Crippen LogP contribution >= 0.6 is 0 Å².